The van der Waals surface area contributed by atoms with Gasteiger partial charge in [-0.25, -0.2) is 4.79 Å². The summed E-state index contributed by atoms with van der Waals surface area (Å²) in [7, 11) is 0. The summed E-state index contributed by atoms with van der Waals surface area (Å²) in [5.41, 5.74) is 1.38. The van der Waals surface area contributed by atoms with E-state index in [4.69, 9.17) is 5.11 Å². The van der Waals surface area contributed by atoms with Crippen LogP contribution in [0.3, 0.4) is 0 Å². The van der Waals surface area contributed by atoms with Crippen molar-refractivity contribution in [1.29, 1.82) is 0 Å². The molecule has 0 aliphatic carbocycles. The summed E-state index contributed by atoms with van der Waals surface area (Å²) >= 11 is 6.67. The van der Waals surface area contributed by atoms with Gasteiger partial charge in [0.25, 0.3) is 0 Å². The maximum absolute atomic E-state index is 10.7. The average molecular weight is 308 g/mol. The Labute approximate surface area is 93.2 Å². The summed E-state index contributed by atoms with van der Waals surface area (Å²) in [6.45, 7) is 2.02. The minimum Gasteiger partial charge on any atom is -0.478 e. The number of carboxylic acid groups (broad SMARTS) is 1. The van der Waals surface area contributed by atoms with Crippen LogP contribution in [0.15, 0.2) is 21.1 Å². The molecular weight excluding hydrogens is 300 g/mol. The normalized spacial score (nSPS) is 10.1. The molecule has 4 heteroatoms. The highest BCUT2D eigenvalue weighted by Crippen LogP contribution is 2.27. The largest absolute Gasteiger partial charge is 0.478 e. The van der Waals surface area contributed by atoms with Crippen LogP contribution in [-0.2, 0) is 6.42 Å². The molecule has 0 saturated heterocycles. The van der Waals surface area contributed by atoms with E-state index >= 15 is 0 Å². The predicted molar refractivity (Wildman–Crippen MR) is 58.2 cm³/mol. The molecule has 0 spiro atoms. The van der Waals surface area contributed by atoms with Crippen LogP contribution >= 0.6 is 31.9 Å². The first kappa shape index (κ1) is 10.7. The van der Waals surface area contributed by atoms with E-state index in [-0.39, 0.29) is 5.56 Å². The molecule has 0 heterocycles. The van der Waals surface area contributed by atoms with Gasteiger partial charge in [-0.15, -0.1) is 0 Å². The van der Waals surface area contributed by atoms with E-state index in [1.807, 2.05) is 6.92 Å². The first-order valence-electron chi connectivity index (χ1n) is 3.77. The summed E-state index contributed by atoms with van der Waals surface area (Å²) in [6, 6.07) is 3.23. The molecule has 2 nitrogen and oxygen atoms in total. The molecule has 1 N–H and O–H groups in total. The van der Waals surface area contributed by atoms with Crippen LogP contribution < -0.4 is 0 Å². The molecule has 0 fully saturated rings. The molecule has 0 atom stereocenters. The molecule has 0 aliphatic rings. The highest BCUT2D eigenvalue weighted by Gasteiger charge is 2.09. The van der Waals surface area contributed by atoms with Crippen molar-refractivity contribution in [2.24, 2.45) is 0 Å². The smallest absolute Gasteiger partial charge is 0.335 e. The van der Waals surface area contributed by atoms with E-state index in [0.29, 0.717) is 0 Å². The van der Waals surface area contributed by atoms with Gasteiger partial charge >= 0.3 is 5.97 Å². The zero-order valence-electron chi connectivity index (χ0n) is 6.97. The van der Waals surface area contributed by atoms with Crippen LogP contribution in [0.1, 0.15) is 22.8 Å². The van der Waals surface area contributed by atoms with Crippen LogP contribution in [0.25, 0.3) is 0 Å². The van der Waals surface area contributed by atoms with Crippen molar-refractivity contribution in [1.82, 2.24) is 0 Å². The molecule has 0 saturated carbocycles. The lowest BCUT2D eigenvalue weighted by Gasteiger charge is -2.05. The van der Waals surface area contributed by atoms with Gasteiger partial charge in [0.1, 0.15) is 0 Å². The molecule has 1 rings (SSSR count). The summed E-state index contributed by atoms with van der Waals surface area (Å²) < 4.78 is 1.67. The maximum Gasteiger partial charge on any atom is 0.335 e. The van der Waals surface area contributed by atoms with Gasteiger partial charge in [0.15, 0.2) is 0 Å². The molecular formula is C9H8Br2O2. The molecule has 0 radical (unpaired) electrons. The molecule has 1 aromatic rings. The van der Waals surface area contributed by atoms with Crippen molar-refractivity contribution in [2.75, 3.05) is 0 Å². The van der Waals surface area contributed by atoms with Crippen molar-refractivity contribution >= 4 is 37.8 Å². The third kappa shape index (κ3) is 2.31. The molecule has 0 bridgehead atoms. The molecule has 0 amide bonds. The van der Waals surface area contributed by atoms with Gasteiger partial charge in [-0.2, -0.15) is 0 Å². The lowest BCUT2D eigenvalue weighted by Crippen LogP contribution is -1.98. The summed E-state index contributed by atoms with van der Waals surface area (Å²) in [6.07, 6.45) is 0.862. The third-order valence-corrected chi connectivity index (χ3v) is 3.16. The second-order valence-corrected chi connectivity index (χ2v) is 4.29. The first-order chi connectivity index (χ1) is 6.06. The number of carboxylic acids is 1. The Bertz CT molecular complexity index is 324. The average Bonchev–Trinajstić information content (AvgIpc) is 2.03. The van der Waals surface area contributed by atoms with Crippen LogP contribution in [-0.4, -0.2) is 11.1 Å². The lowest BCUT2D eigenvalue weighted by atomic mass is 10.1. The Hall–Kier alpha value is -0.350. The fraction of sp³-hybridized carbons (Fsp3) is 0.222. The van der Waals surface area contributed by atoms with E-state index in [1.165, 1.54) is 0 Å². The maximum atomic E-state index is 10.7. The Balaban J connectivity index is 3.28. The minimum atomic E-state index is -0.913. The molecule has 0 unspecified atom stereocenters. The minimum absolute atomic E-state index is 0.288. The van der Waals surface area contributed by atoms with Crippen molar-refractivity contribution in [3.05, 3.63) is 32.2 Å². The zero-order chi connectivity index (χ0) is 10.0. The second-order valence-electron chi connectivity index (χ2n) is 2.58. The topological polar surface area (TPSA) is 37.3 Å². The third-order valence-electron chi connectivity index (χ3n) is 1.74. The van der Waals surface area contributed by atoms with E-state index in [0.717, 1.165) is 20.9 Å². The van der Waals surface area contributed by atoms with E-state index in [9.17, 15) is 4.79 Å². The lowest BCUT2D eigenvalue weighted by molar-refractivity contribution is 0.0696. The Morgan fingerprint density at radius 3 is 2.15 bits per heavy atom. The number of carbonyl (C=O) groups is 1. The Kier molecular flexibility index (Phi) is 3.50. The van der Waals surface area contributed by atoms with E-state index in [2.05, 4.69) is 31.9 Å². The van der Waals surface area contributed by atoms with Crippen molar-refractivity contribution in [2.45, 2.75) is 13.3 Å². The monoisotopic (exact) mass is 306 g/mol. The fourth-order valence-corrected chi connectivity index (χ4v) is 2.81. The zero-order valence-corrected chi connectivity index (χ0v) is 10.1. The molecule has 13 heavy (non-hydrogen) atoms. The molecule has 70 valence electrons. The highest BCUT2D eigenvalue weighted by molar-refractivity contribution is 9.11. The van der Waals surface area contributed by atoms with Crippen LogP contribution in [0, 0.1) is 0 Å². The van der Waals surface area contributed by atoms with E-state index in [1.54, 1.807) is 12.1 Å². The van der Waals surface area contributed by atoms with Gasteiger partial charge in [0, 0.05) is 8.95 Å². The summed E-state index contributed by atoms with van der Waals surface area (Å²) in [5.74, 6) is -0.913. The number of aromatic carboxylic acids is 1. The molecule has 0 aromatic heterocycles. The van der Waals surface area contributed by atoms with Crippen molar-refractivity contribution < 1.29 is 9.90 Å². The predicted octanol–water partition coefficient (Wildman–Crippen LogP) is 3.47. The SMILES string of the molecule is CCc1c(Br)cc(C(=O)O)cc1Br. The second kappa shape index (κ2) is 4.24. The molecule has 0 aliphatic heterocycles. The summed E-state index contributed by atoms with van der Waals surface area (Å²) in [4.78, 5) is 10.7. The summed E-state index contributed by atoms with van der Waals surface area (Å²) in [5, 5.41) is 8.76. The first-order valence-corrected chi connectivity index (χ1v) is 5.36. The van der Waals surface area contributed by atoms with E-state index < -0.39 is 5.97 Å². The number of hydrogen-bond acceptors (Lipinski definition) is 1. The van der Waals surface area contributed by atoms with Gasteiger partial charge < -0.3 is 5.11 Å². The van der Waals surface area contributed by atoms with Gasteiger partial charge in [-0.1, -0.05) is 38.8 Å². The van der Waals surface area contributed by atoms with Crippen molar-refractivity contribution in [3.8, 4) is 0 Å². The van der Waals surface area contributed by atoms with Gasteiger partial charge in [0.05, 0.1) is 5.56 Å². The number of halogens is 2. The van der Waals surface area contributed by atoms with Gasteiger partial charge in [-0.05, 0) is 24.1 Å². The number of rotatable bonds is 2. The number of hydrogen-bond donors (Lipinski definition) is 1. The highest BCUT2D eigenvalue weighted by atomic mass is 79.9. The van der Waals surface area contributed by atoms with Crippen LogP contribution in [0.5, 0.6) is 0 Å². The number of benzene rings is 1. The van der Waals surface area contributed by atoms with Crippen molar-refractivity contribution in [3.63, 3.8) is 0 Å². The standard InChI is InChI=1S/C9H8Br2O2/c1-2-6-7(10)3-5(9(12)13)4-8(6)11/h3-4H,2H2,1H3,(H,12,13). The van der Waals surface area contributed by atoms with Crippen LogP contribution in [0.2, 0.25) is 0 Å². The van der Waals surface area contributed by atoms with Crippen LogP contribution in [0.4, 0.5) is 0 Å². The van der Waals surface area contributed by atoms with Gasteiger partial charge in [0.2, 0.25) is 0 Å². The fourth-order valence-electron chi connectivity index (χ4n) is 1.06. The van der Waals surface area contributed by atoms with Gasteiger partial charge in [-0.3, -0.25) is 0 Å². The Morgan fingerprint density at radius 2 is 1.85 bits per heavy atom. The Morgan fingerprint density at radius 1 is 1.38 bits per heavy atom. The quantitative estimate of drug-likeness (QED) is 0.908. The molecule has 1 aromatic carbocycles.